The molecule has 0 heterocycles. The third-order valence-corrected chi connectivity index (χ3v) is 5.73. The fourth-order valence-electron chi connectivity index (χ4n) is 3.00. The Morgan fingerprint density at radius 3 is 1.22 bits per heavy atom. The van der Waals surface area contributed by atoms with Crippen molar-refractivity contribution in [2.45, 2.75) is 0 Å². The molecule has 0 radical (unpaired) electrons. The van der Waals surface area contributed by atoms with Gasteiger partial charge in [0.1, 0.15) is 0 Å². The average Bonchev–Trinajstić information content (AvgIpc) is 2.72. The molecule has 0 unspecified atom stereocenters. The molecule has 4 aromatic rings. The molecule has 4 rings (SSSR count). The molecule has 4 aromatic carbocycles. The van der Waals surface area contributed by atoms with Gasteiger partial charge < -0.3 is 5.32 Å². The van der Waals surface area contributed by atoms with Gasteiger partial charge in [0.05, 0.1) is 11.4 Å². The van der Waals surface area contributed by atoms with E-state index in [4.69, 9.17) is 0 Å². The molecular weight excluding hydrogens is 462 g/mol. The third kappa shape index (κ3) is 4.15. The quantitative estimate of drug-likeness (QED) is 0.311. The molecule has 0 aromatic heterocycles. The number of nitrogens with one attached hydrogen (secondary N) is 1. The Balaban J connectivity index is 1.59. The van der Waals surface area contributed by atoms with Gasteiger partial charge >= 0.3 is 0 Å². The highest BCUT2D eigenvalue weighted by atomic mass is 79.9. The molecule has 0 saturated heterocycles. The van der Waals surface area contributed by atoms with Gasteiger partial charge in [0, 0.05) is 8.95 Å². The van der Waals surface area contributed by atoms with E-state index in [-0.39, 0.29) is 0 Å². The first kappa shape index (κ1) is 18.0. The Morgan fingerprint density at radius 2 is 0.852 bits per heavy atom. The lowest BCUT2D eigenvalue weighted by atomic mass is 10.0. The molecule has 0 amide bonds. The van der Waals surface area contributed by atoms with Crippen LogP contribution in [0.15, 0.2) is 106 Å². The highest BCUT2D eigenvalue weighted by Gasteiger charge is 2.07. The van der Waals surface area contributed by atoms with Gasteiger partial charge in [-0.25, -0.2) is 0 Å². The van der Waals surface area contributed by atoms with Crippen LogP contribution < -0.4 is 5.32 Å². The minimum absolute atomic E-state index is 1.03. The van der Waals surface area contributed by atoms with Crippen molar-refractivity contribution in [3.63, 3.8) is 0 Å². The van der Waals surface area contributed by atoms with E-state index in [0.29, 0.717) is 0 Å². The zero-order chi connectivity index (χ0) is 18.6. The first-order valence-corrected chi connectivity index (χ1v) is 10.3. The van der Waals surface area contributed by atoms with Crippen LogP contribution in [0.3, 0.4) is 0 Å². The van der Waals surface area contributed by atoms with Crippen molar-refractivity contribution >= 4 is 43.2 Å². The molecule has 0 bridgehead atoms. The van der Waals surface area contributed by atoms with Gasteiger partial charge in [-0.05, 0) is 78.4 Å². The van der Waals surface area contributed by atoms with Crippen LogP contribution in [0.5, 0.6) is 0 Å². The Labute approximate surface area is 176 Å². The Kier molecular flexibility index (Phi) is 5.42. The summed E-state index contributed by atoms with van der Waals surface area (Å²) in [6, 6.07) is 33.5. The van der Waals surface area contributed by atoms with Crippen molar-refractivity contribution in [2.75, 3.05) is 5.32 Å². The van der Waals surface area contributed by atoms with Crippen molar-refractivity contribution in [1.29, 1.82) is 0 Å². The van der Waals surface area contributed by atoms with Gasteiger partial charge in [-0.1, -0.05) is 72.8 Å². The lowest BCUT2D eigenvalue weighted by Gasteiger charge is -2.13. The summed E-state index contributed by atoms with van der Waals surface area (Å²) in [5.41, 5.74) is 6.85. The highest BCUT2D eigenvalue weighted by Crippen LogP contribution is 2.35. The predicted octanol–water partition coefficient (Wildman–Crippen LogP) is 8.29. The van der Waals surface area contributed by atoms with E-state index in [0.717, 1.165) is 20.3 Å². The molecule has 1 N–H and O–H groups in total. The fourth-order valence-corrected chi connectivity index (χ4v) is 3.95. The van der Waals surface area contributed by atoms with Crippen LogP contribution in [-0.2, 0) is 0 Å². The summed E-state index contributed by atoms with van der Waals surface area (Å²) in [6.45, 7) is 0. The summed E-state index contributed by atoms with van der Waals surface area (Å²) in [6.07, 6.45) is 0. The second-order valence-corrected chi connectivity index (χ2v) is 7.95. The molecule has 0 saturated carbocycles. The van der Waals surface area contributed by atoms with Crippen molar-refractivity contribution in [2.24, 2.45) is 0 Å². The lowest BCUT2D eigenvalue weighted by Crippen LogP contribution is -1.93. The van der Waals surface area contributed by atoms with Crippen molar-refractivity contribution in [3.05, 3.63) is 106 Å². The first-order chi connectivity index (χ1) is 13.2. The summed E-state index contributed by atoms with van der Waals surface area (Å²) in [5, 5.41) is 3.50. The molecule has 0 atom stereocenters. The Morgan fingerprint density at radius 1 is 0.444 bits per heavy atom. The van der Waals surface area contributed by atoms with Crippen LogP contribution in [0, 0.1) is 0 Å². The maximum atomic E-state index is 3.70. The smallest absolute Gasteiger partial charge is 0.0529 e. The summed E-state index contributed by atoms with van der Waals surface area (Å²) < 4.78 is 2.06. The van der Waals surface area contributed by atoms with Crippen molar-refractivity contribution < 1.29 is 0 Å². The van der Waals surface area contributed by atoms with E-state index in [2.05, 4.69) is 122 Å². The van der Waals surface area contributed by atoms with Gasteiger partial charge in [-0.2, -0.15) is 0 Å². The van der Waals surface area contributed by atoms with Gasteiger partial charge in [-0.15, -0.1) is 0 Å². The second-order valence-electron chi connectivity index (χ2n) is 6.25. The fraction of sp³-hybridized carbons (Fsp3) is 0. The number of hydrogen-bond acceptors (Lipinski definition) is 1. The predicted molar refractivity (Wildman–Crippen MR) is 122 cm³/mol. The van der Waals surface area contributed by atoms with Crippen molar-refractivity contribution in [1.82, 2.24) is 0 Å². The topological polar surface area (TPSA) is 12.0 Å². The zero-order valence-corrected chi connectivity index (χ0v) is 17.7. The van der Waals surface area contributed by atoms with Crippen LogP contribution in [0.25, 0.3) is 22.3 Å². The standard InChI is InChI=1S/C24H17Br2N/c25-21-15-19(17-7-3-1-4-8-17)11-13-23(21)27-24-14-12-20(16-22(24)26)18-9-5-2-6-10-18/h1-16,27H. The second kappa shape index (κ2) is 8.12. The number of halogens is 2. The summed E-state index contributed by atoms with van der Waals surface area (Å²) in [4.78, 5) is 0. The van der Waals surface area contributed by atoms with E-state index in [1.54, 1.807) is 0 Å². The SMILES string of the molecule is Brc1cc(-c2ccccc2)ccc1Nc1ccc(-c2ccccc2)cc1Br. The number of benzene rings is 4. The van der Waals surface area contributed by atoms with Crippen molar-refractivity contribution in [3.8, 4) is 22.3 Å². The molecule has 3 heteroatoms. The van der Waals surface area contributed by atoms with E-state index >= 15 is 0 Å². The Bertz CT molecular complexity index is 973. The molecule has 0 aliphatic heterocycles. The Hall–Kier alpha value is -2.36. The normalized spacial score (nSPS) is 10.6. The lowest BCUT2D eigenvalue weighted by molar-refractivity contribution is 1.49. The van der Waals surface area contributed by atoms with Crippen LogP contribution in [-0.4, -0.2) is 0 Å². The van der Waals surface area contributed by atoms with E-state index < -0.39 is 0 Å². The largest absolute Gasteiger partial charge is 0.354 e. The number of rotatable bonds is 4. The van der Waals surface area contributed by atoms with Crippen LogP contribution in [0.1, 0.15) is 0 Å². The number of hydrogen-bond donors (Lipinski definition) is 1. The van der Waals surface area contributed by atoms with Gasteiger partial charge in [0.25, 0.3) is 0 Å². The van der Waals surface area contributed by atoms with Crippen LogP contribution >= 0.6 is 31.9 Å². The highest BCUT2D eigenvalue weighted by molar-refractivity contribution is 9.11. The summed E-state index contributed by atoms with van der Waals surface area (Å²) in [5.74, 6) is 0. The molecule has 0 aliphatic carbocycles. The molecule has 132 valence electrons. The first-order valence-electron chi connectivity index (χ1n) is 8.68. The number of anilines is 2. The maximum absolute atomic E-state index is 3.70. The van der Waals surface area contributed by atoms with E-state index in [1.165, 1.54) is 22.3 Å². The van der Waals surface area contributed by atoms with Crippen LogP contribution in [0.4, 0.5) is 11.4 Å². The molecule has 0 spiro atoms. The minimum atomic E-state index is 1.03. The van der Waals surface area contributed by atoms with Gasteiger partial charge in [-0.3, -0.25) is 0 Å². The summed E-state index contributed by atoms with van der Waals surface area (Å²) in [7, 11) is 0. The summed E-state index contributed by atoms with van der Waals surface area (Å²) >= 11 is 7.40. The van der Waals surface area contributed by atoms with Gasteiger partial charge in [0.15, 0.2) is 0 Å². The van der Waals surface area contributed by atoms with E-state index in [1.807, 2.05) is 12.1 Å². The maximum Gasteiger partial charge on any atom is 0.0529 e. The van der Waals surface area contributed by atoms with Crippen LogP contribution in [0.2, 0.25) is 0 Å². The molecule has 1 nitrogen and oxygen atoms in total. The average molecular weight is 479 g/mol. The minimum Gasteiger partial charge on any atom is -0.354 e. The third-order valence-electron chi connectivity index (χ3n) is 4.42. The monoisotopic (exact) mass is 477 g/mol. The molecule has 0 aliphatic rings. The van der Waals surface area contributed by atoms with Gasteiger partial charge in [0.2, 0.25) is 0 Å². The molecule has 0 fully saturated rings. The molecular formula is C24H17Br2N. The van der Waals surface area contributed by atoms with E-state index in [9.17, 15) is 0 Å². The zero-order valence-electron chi connectivity index (χ0n) is 14.5. The molecule has 27 heavy (non-hydrogen) atoms.